The summed E-state index contributed by atoms with van der Waals surface area (Å²) < 4.78 is 11.0. The number of carbonyl (C=O) groups is 1. The lowest BCUT2D eigenvalue weighted by Gasteiger charge is -2.12. The van der Waals surface area contributed by atoms with Crippen molar-refractivity contribution in [3.63, 3.8) is 0 Å². The molecule has 0 fully saturated rings. The van der Waals surface area contributed by atoms with Crippen molar-refractivity contribution in [2.24, 2.45) is 0 Å². The Hall–Kier alpha value is -1.72. The molecule has 4 nitrogen and oxygen atoms in total. The summed E-state index contributed by atoms with van der Waals surface area (Å²) in [7, 11) is 1.51. The van der Waals surface area contributed by atoms with Crippen molar-refractivity contribution in [3.8, 4) is 5.75 Å². The summed E-state index contributed by atoms with van der Waals surface area (Å²) in [5.41, 5.74) is 1.36. The Balaban J connectivity index is 2.01. The van der Waals surface area contributed by atoms with Crippen LogP contribution >= 0.6 is 27.5 Å². The first-order valence-electron chi connectivity index (χ1n) is 6.11. The van der Waals surface area contributed by atoms with Gasteiger partial charge in [-0.2, -0.15) is 0 Å². The maximum atomic E-state index is 11.8. The van der Waals surface area contributed by atoms with Crippen LogP contribution in [0, 0.1) is 0 Å². The number of rotatable bonds is 4. The highest BCUT2D eigenvalue weighted by molar-refractivity contribution is 9.10. The van der Waals surface area contributed by atoms with Crippen molar-refractivity contribution in [1.29, 1.82) is 0 Å². The molecule has 6 heteroatoms. The van der Waals surface area contributed by atoms with E-state index in [1.165, 1.54) is 7.11 Å². The molecule has 110 valence electrons. The van der Waals surface area contributed by atoms with E-state index in [1.807, 2.05) is 30.3 Å². The maximum absolute atomic E-state index is 11.8. The summed E-state index contributed by atoms with van der Waals surface area (Å²) in [5, 5.41) is 3.08. The third-order valence-electron chi connectivity index (χ3n) is 2.69. The number of methoxy groups -OCH3 is 1. The van der Waals surface area contributed by atoms with Crippen LogP contribution in [-0.4, -0.2) is 13.2 Å². The Kier molecular flexibility index (Phi) is 5.47. The molecule has 2 aromatic rings. The van der Waals surface area contributed by atoms with Gasteiger partial charge in [0.2, 0.25) is 0 Å². The second kappa shape index (κ2) is 7.33. The van der Waals surface area contributed by atoms with Crippen LogP contribution in [0.15, 0.2) is 46.9 Å². The summed E-state index contributed by atoms with van der Waals surface area (Å²) in [5.74, 6) is 0.489. The molecule has 0 aromatic heterocycles. The molecule has 2 aromatic carbocycles. The lowest BCUT2D eigenvalue weighted by atomic mass is 10.2. The molecular weight excluding hydrogens is 358 g/mol. The molecule has 2 rings (SSSR count). The Bertz CT molecular complexity index is 634. The number of anilines is 1. The number of carbonyl (C=O) groups excluding carboxylic acids is 1. The van der Waals surface area contributed by atoms with Gasteiger partial charge in [-0.3, -0.25) is 5.32 Å². The number of hydrogen-bond donors (Lipinski definition) is 1. The van der Waals surface area contributed by atoms with E-state index < -0.39 is 6.09 Å². The van der Waals surface area contributed by atoms with Gasteiger partial charge in [0.25, 0.3) is 0 Å². The molecule has 0 aliphatic heterocycles. The number of halogens is 2. The minimum Gasteiger partial charge on any atom is -0.495 e. The first-order chi connectivity index (χ1) is 10.1. The van der Waals surface area contributed by atoms with E-state index in [9.17, 15) is 4.79 Å². The normalized spacial score (nSPS) is 10.0. The largest absolute Gasteiger partial charge is 0.495 e. The highest BCUT2D eigenvalue weighted by atomic mass is 79.9. The molecule has 1 amide bonds. The molecule has 0 saturated heterocycles. The highest BCUT2D eigenvalue weighted by Crippen LogP contribution is 2.34. The summed E-state index contributed by atoms with van der Waals surface area (Å²) in [6.07, 6.45) is -0.574. The average molecular weight is 371 g/mol. The van der Waals surface area contributed by atoms with Crippen molar-refractivity contribution < 1.29 is 14.3 Å². The van der Waals surface area contributed by atoms with E-state index in [2.05, 4.69) is 21.2 Å². The van der Waals surface area contributed by atoms with Crippen molar-refractivity contribution in [2.75, 3.05) is 12.4 Å². The van der Waals surface area contributed by atoms with Crippen LogP contribution in [0.4, 0.5) is 10.5 Å². The quantitative estimate of drug-likeness (QED) is 0.836. The van der Waals surface area contributed by atoms with Gasteiger partial charge in [-0.15, -0.1) is 0 Å². The number of ether oxygens (including phenoxy) is 2. The van der Waals surface area contributed by atoms with Crippen LogP contribution in [0.5, 0.6) is 5.75 Å². The highest BCUT2D eigenvalue weighted by Gasteiger charge is 2.11. The Morgan fingerprint density at radius 2 is 2.00 bits per heavy atom. The van der Waals surface area contributed by atoms with Crippen LogP contribution in [0.3, 0.4) is 0 Å². The van der Waals surface area contributed by atoms with Crippen LogP contribution in [0.2, 0.25) is 5.02 Å². The Morgan fingerprint density at radius 3 is 2.67 bits per heavy atom. The Labute approximate surface area is 136 Å². The SMILES string of the molecule is COc1cc(Br)c(Cl)cc1NC(=O)OCc1ccccc1. The second-order valence-corrected chi connectivity index (χ2v) is 5.41. The van der Waals surface area contributed by atoms with Crippen molar-refractivity contribution in [3.05, 3.63) is 57.5 Å². The fourth-order valence-electron chi connectivity index (χ4n) is 1.66. The molecule has 1 N–H and O–H groups in total. The first kappa shape index (κ1) is 15.7. The topological polar surface area (TPSA) is 47.6 Å². The molecule has 0 heterocycles. The van der Waals surface area contributed by atoms with Crippen LogP contribution in [0.1, 0.15) is 5.56 Å². The fourth-order valence-corrected chi connectivity index (χ4v) is 2.15. The van der Waals surface area contributed by atoms with Gasteiger partial charge in [-0.1, -0.05) is 41.9 Å². The fraction of sp³-hybridized carbons (Fsp3) is 0.133. The molecule has 21 heavy (non-hydrogen) atoms. The zero-order chi connectivity index (χ0) is 15.2. The molecule has 0 radical (unpaired) electrons. The summed E-state index contributed by atoms with van der Waals surface area (Å²) in [6, 6.07) is 12.7. The minimum absolute atomic E-state index is 0.194. The van der Waals surface area contributed by atoms with Gasteiger partial charge in [0, 0.05) is 4.47 Å². The van der Waals surface area contributed by atoms with Crippen LogP contribution < -0.4 is 10.1 Å². The summed E-state index contributed by atoms with van der Waals surface area (Å²) in [4.78, 5) is 11.8. The minimum atomic E-state index is -0.574. The van der Waals surface area contributed by atoms with E-state index in [4.69, 9.17) is 21.1 Å². The zero-order valence-corrected chi connectivity index (χ0v) is 13.6. The van der Waals surface area contributed by atoms with E-state index in [0.717, 1.165) is 5.56 Å². The summed E-state index contributed by atoms with van der Waals surface area (Å²) >= 11 is 9.30. The predicted octanol–water partition coefficient (Wildman–Crippen LogP) is 4.86. The number of amides is 1. The average Bonchev–Trinajstić information content (AvgIpc) is 2.49. The van der Waals surface area contributed by atoms with E-state index in [1.54, 1.807) is 12.1 Å². The number of nitrogens with one attached hydrogen (secondary N) is 1. The van der Waals surface area contributed by atoms with Crippen molar-refractivity contribution in [2.45, 2.75) is 6.61 Å². The van der Waals surface area contributed by atoms with E-state index >= 15 is 0 Å². The predicted molar refractivity (Wildman–Crippen MR) is 86.0 cm³/mol. The van der Waals surface area contributed by atoms with Gasteiger partial charge >= 0.3 is 6.09 Å². The van der Waals surface area contributed by atoms with Gasteiger partial charge in [0.15, 0.2) is 0 Å². The number of hydrogen-bond acceptors (Lipinski definition) is 3. The van der Waals surface area contributed by atoms with Gasteiger partial charge in [0.1, 0.15) is 12.4 Å². The zero-order valence-electron chi connectivity index (χ0n) is 11.2. The van der Waals surface area contributed by atoms with Crippen molar-refractivity contribution in [1.82, 2.24) is 0 Å². The van der Waals surface area contributed by atoms with E-state index in [-0.39, 0.29) is 6.61 Å². The monoisotopic (exact) mass is 369 g/mol. The lowest BCUT2D eigenvalue weighted by Crippen LogP contribution is -2.14. The van der Waals surface area contributed by atoms with Crippen LogP contribution in [0.25, 0.3) is 0 Å². The molecular formula is C15H13BrClNO3. The van der Waals surface area contributed by atoms with Gasteiger partial charge in [-0.05, 0) is 33.6 Å². The standard InChI is InChI=1S/C15H13BrClNO3/c1-20-14-7-11(16)12(17)8-13(14)18-15(19)21-9-10-5-3-2-4-6-10/h2-8H,9H2,1H3,(H,18,19). The number of benzene rings is 2. The maximum Gasteiger partial charge on any atom is 0.412 e. The summed E-state index contributed by atoms with van der Waals surface area (Å²) in [6.45, 7) is 0.194. The smallest absolute Gasteiger partial charge is 0.412 e. The van der Waals surface area contributed by atoms with Crippen LogP contribution in [-0.2, 0) is 11.3 Å². The third kappa shape index (κ3) is 4.37. The molecule has 0 spiro atoms. The molecule has 0 aliphatic rings. The first-order valence-corrected chi connectivity index (χ1v) is 7.28. The lowest BCUT2D eigenvalue weighted by molar-refractivity contribution is 0.155. The molecule has 0 atom stereocenters. The second-order valence-electron chi connectivity index (χ2n) is 4.15. The molecule has 0 bridgehead atoms. The van der Waals surface area contributed by atoms with E-state index in [0.29, 0.717) is 20.9 Å². The van der Waals surface area contributed by atoms with Crippen molar-refractivity contribution >= 4 is 39.3 Å². The van der Waals surface area contributed by atoms with Gasteiger partial charge in [-0.25, -0.2) is 4.79 Å². The third-order valence-corrected chi connectivity index (χ3v) is 3.89. The molecule has 0 saturated carbocycles. The van der Waals surface area contributed by atoms with Gasteiger partial charge in [0.05, 0.1) is 17.8 Å². The van der Waals surface area contributed by atoms with Gasteiger partial charge < -0.3 is 9.47 Å². The Morgan fingerprint density at radius 1 is 1.29 bits per heavy atom. The molecule has 0 unspecified atom stereocenters. The molecule has 0 aliphatic carbocycles.